The van der Waals surface area contributed by atoms with E-state index in [2.05, 4.69) is 39.9 Å². The summed E-state index contributed by atoms with van der Waals surface area (Å²) in [5.74, 6) is 0.782. The average molecular weight is 538 g/mol. The number of guanidine groups is 1. The SMILES string of the molecule is CN=C(NCCCCOCCc1ccccc1)NCc1ccc(C(=O)N(C)C)cc1.I. The molecule has 0 spiro atoms. The van der Waals surface area contributed by atoms with E-state index in [-0.39, 0.29) is 29.9 Å². The van der Waals surface area contributed by atoms with Crippen LogP contribution in [0.1, 0.15) is 34.3 Å². The number of hydrogen-bond acceptors (Lipinski definition) is 3. The first kappa shape index (κ1) is 26.9. The fourth-order valence-corrected chi connectivity index (χ4v) is 2.90. The Morgan fingerprint density at radius 3 is 2.29 bits per heavy atom. The van der Waals surface area contributed by atoms with Crippen LogP contribution in [0.2, 0.25) is 0 Å². The molecule has 0 atom stereocenters. The Bertz CT molecular complexity index is 780. The summed E-state index contributed by atoms with van der Waals surface area (Å²) in [5.41, 5.74) is 3.10. The zero-order chi connectivity index (χ0) is 21.6. The fourth-order valence-electron chi connectivity index (χ4n) is 2.90. The molecule has 0 aromatic heterocycles. The summed E-state index contributed by atoms with van der Waals surface area (Å²) >= 11 is 0. The molecule has 0 heterocycles. The Labute approximate surface area is 203 Å². The minimum atomic E-state index is 0. The largest absolute Gasteiger partial charge is 0.381 e. The molecule has 0 saturated carbocycles. The number of carbonyl (C=O) groups is 1. The van der Waals surface area contributed by atoms with Crippen molar-refractivity contribution in [1.29, 1.82) is 0 Å². The highest BCUT2D eigenvalue weighted by Gasteiger charge is 2.07. The van der Waals surface area contributed by atoms with Crippen LogP contribution in [0.3, 0.4) is 0 Å². The first-order valence-corrected chi connectivity index (χ1v) is 10.5. The second-order valence-electron chi connectivity index (χ2n) is 7.30. The van der Waals surface area contributed by atoms with E-state index < -0.39 is 0 Å². The van der Waals surface area contributed by atoms with E-state index in [1.807, 2.05) is 30.3 Å². The molecule has 1 amide bonds. The van der Waals surface area contributed by atoms with E-state index in [1.165, 1.54) is 5.56 Å². The minimum Gasteiger partial charge on any atom is -0.381 e. The Morgan fingerprint density at radius 1 is 0.935 bits per heavy atom. The topological polar surface area (TPSA) is 66.0 Å². The van der Waals surface area contributed by atoms with Gasteiger partial charge in [0, 0.05) is 46.4 Å². The van der Waals surface area contributed by atoms with E-state index in [4.69, 9.17) is 4.74 Å². The van der Waals surface area contributed by atoms with Gasteiger partial charge < -0.3 is 20.3 Å². The van der Waals surface area contributed by atoms with E-state index in [0.29, 0.717) is 12.1 Å². The molecule has 0 saturated heterocycles. The molecule has 2 aromatic carbocycles. The van der Waals surface area contributed by atoms with Gasteiger partial charge in [-0.05, 0) is 42.5 Å². The highest BCUT2D eigenvalue weighted by atomic mass is 127. The molecule has 170 valence electrons. The third-order valence-corrected chi connectivity index (χ3v) is 4.68. The van der Waals surface area contributed by atoms with Gasteiger partial charge in [-0.15, -0.1) is 24.0 Å². The molecule has 2 aromatic rings. The number of halogens is 1. The number of rotatable bonds is 11. The molecule has 2 rings (SSSR count). The van der Waals surface area contributed by atoms with Crippen LogP contribution < -0.4 is 10.6 Å². The fraction of sp³-hybridized carbons (Fsp3) is 0.417. The number of ether oxygens (including phenoxy) is 1. The third kappa shape index (κ3) is 10.6. The van der Waals surface area contributed by atoms with Crippen molar-refractivity contribution >= 4 is 35.8 Å². The molecular formula is C24H35IN4O2. The molecule has 0 aliphatic rings. The van der Waals surface area contributed by atoms with E-state index >= 15 is 0 Å². The molecule has 0 aliphatic heterocycles. The highest BCUT2D eigenvalue weighted by molar-refractivity contribution is 14.0. The molecule has 0 bridgehead atoms. The summed E-state index contributed by atoms with van der Waals surface area (Å²) in [6.07, 6.45) is 2.99. The Balaban J connectivity index is 0.00000480. The van der Waals surface area contributed by atoms with Gasteiger partial charge in [0.2, 0.25) is 0 Å². The lowest BCUT2D eigenvalue weighted by molar-refractivity contribution is 0.0827. The van der Waals surface area contributed by atoms with Crippen LogP contribution >= 0.6 is 24.0 Å². The number of hydrogen-bond donors (Lipinski definition) is 2. The van der Waals surface area contributed by atoms with Crippen molar-refractivity contribution in [3.8, 4) is 0 Å². The smallest absolute Gasteiger partial charge is 0.253 e. The van der Waals surface area contributed by atoms with E-state index in [1.54, 1.807) is 26.0 Å². The summed E-state index contributed by atoms with van der Waals surface area (Å²) < 4.78 is 5.72. The van der Waals surface area contributed by atoms with Crippen LogP contribution in [0.5, 0.6) is 0 Å². The minimum absolute atomic E-state index is 0. The molecule has 0 fully saturated rings. The number of amides is 1. The first-order chi connectivity index (χ1) is 14.6. The number of nitrogens with zero attached hydrogens (tertiary/aromatic N) is 2. The molecule has 2 N–H and O–H groups in total. The van der Waals surface area contributed by atoms with Gasteiger partial charge in [0.25, 0.3) is 5.91 Å². The number of aliphatic imine (C=N–C) groups is 1. The van der Waals surface area contributed by atoms with E-state index in [9.17, 15) is 4.79 Å². The van der Waals surface area contributed by atoms with Crippen molar-refractivity contribution in [3.05, 3.63) is 71.3 Å². The van der Waals surface area contributed by atoms with Crippen molar-refractivity contribution in [3.63, 3.8) is 0 Å². The molecule has 6 nitrogen and oxygen atoms in total. The Hall–Kier alpha value is -2.13. The molecule has 31 heavy (non-hydrogen) atoms. The summed E-state index contributed by atoms with van der Waals surface area (Å²) in [7, 11) is 5.27. The van der Waals surface area contributed by atoms with Gasteiger partial charge in [0.15, 0.2) is 5.96 Å². The van der Waals surface area contributed by atoms with Gasteiger partial charge >= 0.3 is 0 Å². The summed E-state index contributed by atoms with van der Waals surface area (Å²) in [6, 6.07) is 18.0. The third-order valence-electron chi connectivity index (χ3n) is 4.68. The number of nitrogens with one attached hydrogen (secondary N) is 2. The molecule has 7 heteroatoms. The molecule has 0 radical (unpaired) electrons. The number of carbonyl (C=O) groups excluding carboxylic acids is 1. The number of unbranched alkanes of at least 4 members (excludes halogenated alkanes) is 1. The zero-order valence-corrected chi connectivity index (χ0v) is 21.1. The normalized spacial score (nSPS) is 10.9. The predicted octanol–water partition coefficient (Wildman–Crippen LogP) is 3.71. The molecule has 0 aliphatic carbocycles. The zero-order valence-electron chi connectivity index (χ0n) is 18.8. The van der Waals surface area contributed by atoms with Crippen molar-refractivity contribution in [2.24, 2.45) is 4.99 Å². The van der Waals surface area contributed by atoms with Gasteiger partial charge in [-0.3, -0.25) is 9.79 Å². The van der Waals surface area contributed by atoms with Gasteiger partial charge in [-0.1, -0.05) is 42.5 Å². The average Bonchev–Trinajstić information content (AvgIpc) is 2.78. The monoisotopic (exact) mass is 538 g/mol. The Kier molecular flexibility index (Phi) is 13.6. The summed E-state index contributed by atoms with van der Waals surface area (Å²) in [4.78, 5) is 17.8. The number of benzene rings is 2. The van der Waals surface area contributed by atoms with Crippen LogP contribution in [0.15, 0.2) is 59.6 Å². The van der Waals surface area contributed by atoms with Crippen LogP contribution in [0, 0.1) is 0 Å². The molecular weight excluding hydrogens is 503 g/mol. The quantitative estimate of drug-likeness (QED) is 0.198. The lowest BCUT2D eigenvalue weighted by Crippen LogP contribution is -2.37. The lowest BCUT2D eigenvalue weighted by atomic mass is 10.1. The molecule has 0 unspecified atom stereocenters. The van der Waals surface area contributed by atoms with Crippen LogP contribution in [0.4, 0.5) is 0 Å². The first-order valence-electron chi connectivity index (χ1n) is 10.5. The maximum Gasteiger partial charge on any atom is 0.253 e. The maximum absolute atomic E-state index is 11.9. The summed E-state index contributed by atoms with van der Waals surface area (Å²) in [5, 5.41) is 6.62. The van der Waals surface area contributed by atoms with Gasteiger partial charge in [-0.2, -0.15) is 0 Å². The highest BCUT2D eigenvalue weighted by Crippen LogP contribution is 2.06. The van der Waals surface area contributed by atoms with Crippen LogP contribution in [-0.4, -0.2) is 57.7 Å². The van der Waals surface area contributed by atoms with Crippen LogP contribution in [0.25, 0.3) is 0 Å². The van der Waals surface area contributed by atoms with Crippen molar-refractivity contribution in [1.82, 2.24) is 15.5 Å². The van der Waals surface area contributed by atoms with Crippen molar-refractivity contribution < 1.29 is 9.53 Å². The van der Waals surface area contributed by atoms with Gasteiger partial charge in [0.05, 0.1) is 6.61 Å². The summed E-state index contributed by atoms with van der Waals surface area (Å²) in [6.45, 7) is 3.04. The van der Waals surface area contributed by atoms with Gasteiger partial charge in [0.1, 0.15) is 0 Å². The lowest BCUT2D eigenvalue weighted by Gasteiger charge is -2.13. The second kappa shape index (κ2) is 15.6. The van der Waals surface area contributed by atoms with Crippen molar-refractivity contribution in [2.75, 3.05) is 40.9 Å². The van der Waals surface area contributed by atoms with Crippen LogP contribution in [-0.2, 0) is 17.7 Å². The standard InChI is InChI=1S/C24H34N4O2.HI/c1-25-24(27-19-21-11-13-22(14-12-21)23(29)28(2)3)26-16-7-8-17-30-18-15-20-9-5-4-6-10-20;/h4-6,9-14H,7-8,15-19H2,1-3H3,(H2,25,26,27);1H. The maximum atomic E-state index is 11.9. The predicted molar refractivity (Wildman–Crippen MR) is 138 cm³/mol. The van der Waals surface area contributed by atoms with Gasteiger partial charge in [-0.25, -0.2) is 0 Å². The van der Waals surface area contributed by atoms with Crippen molar-refractivity contribution in [2.45, 2.75) is 25.8 Å². The van der Waals surface area contributed by atoms with E-state index in [0.717, 1.165) is 50.5 Å². The Morgan fingerprint density at radius 2 is 1.65 bits per heavy atom. The second-order valence-corrected chi connectivity index (χ2v) is 7.30.